The number of imide groups is 3. The van der Waals surface area contributed by atoms with Gasteiger partial charge in [-0.25, -0.2) is 4.90 Å². The first-order chi connectivity index (χ1) is 8.24. The van der Waals surface area contributed by atoms with Gasteiger partial charge < -0.3 is 0 Å². The topological polar surface area (TPSA) is 54.5 Å². The van der Waals surface area contributed by atoms with Crippen molar-refractivity contribution in [1.82, 2.24) is 4.90 Å². The SMILES string of the molecule is O=CN1C(=O)c2cccc3cccc(c23)C1=O. The number of benzene rings is 2. The Kier molecular flexibility index (Phi) is 1.86. The molecule has 2 aromatic carbocycles. The van der Waals surface area contributed by atoms with E-state index in [0.717, 1.165) is 5.39 Å². The fraction of sp³-hybridized carbons (Fsp3) is 0. The van der Waals surface area contributed by atoms with Crippen molar-refractivity contribution in [3.8, 4) is 0 Å². The third-order valence-corrected chi connectivity index (χ3v) is 2.91. The molecule has 4 nitrogen and oxygen atoms in total. The Hall–Kier alpha value is -2.49. The molecule has 0 atom stereocenters. The van der Waals surface area contributed by atoms with Gasteiger partial charge in [-0.05, 0) is 17.5 Å². The molecular weight excluding hydrogens is 218 g/mol. The van der Waals surface area contributed by atoms with Crippen LogP contribution in [0.1, 0.15) is 20.7 Å². The third kappa shape index (κ3) is 1.15. The zero-order valence-electron chi connectivity index (χ0n) is 8.71. The van der Waals surface area contributed by atoms with Crippen LogP contribution in [0.5, 0.6) is 0 Å². The summed E-state index contributed by atoms with van der Waals surface area (Å²) in [4.78, 5) is 35.2. The highest BCUT2D eigenvalue weighted by Crippen LogP contribution is 2.29. The van der Waals surface area contributed by atoms with E-state index in [1.54, 1.807) is 24.3 Å². The average Bonchev–Trinajstić information content (AvgIpc) is 2.36. The zero-order valence-corrected chi connectivity index (χ0v) is 8.71. The number of hydrogen-bond donors (Lipinski definition) is 0. The smallest absolute Gasteiger partial charge is 0.268 e. The minimum atomic E-state index is -0.561. The Balaban J connectivity index is 2.47. The van der Waals surface area contributed by atoms with Gasteiger partial charge >= 0.3 is 0 Å². The summed E-state index contributed by atoms with van der Waals surface area (Å²) in [5.41, 5.74) is 0.787. The molecule has 3 rings (SSSR count). The summed E-state index contributed by atoms with van der Waals surface area (Å²) < 4.78 is 0. The number of carbonyl (C=O) groups is 3. The van der Waals surface area contributed by atoms with E-state index >= 15 is 0 Å². The lowest BCUT2D eigenvalue weighted by Crippen LogP contribution is -2.39. The van der Waals surface area contributed by atoms with Crippen LogP contribution in [0.2, 0.25) is 0 Å². The van der Waals surface area contributed by atoms with Gasteiger partial charge in [-0.3, -0.25) is 14.4 Å². The van der Waals surface area contributed by atoms with Crippen molar-refractivity contribution < 1.29 is 14.4 Å². The summed E-state index contributed by atoms with van der Waals surface area (Å²) in [6.45, 7) is 0. The second kappa shape index (κ2) is 3.25. The molecule has 4 heteroatoms. The van der Waals surface area contributed by atoms with Gasteiger partial charge in [-0.15, -0.1) is 0 Å². The number of hydrogen-bond acceptors (Lipinski definition) is 3. The average molecular weight is 225 g/mol. The summed E-state index contributed by atoms with van der Waals surface area (Å²) in [6.07, 6.45) is 0.263. The van der Waals surface area contributed by atoms with E-state index in [4.69, 9.17) is 0 Å². The highest BCUT2D eigenvalue weighted by molar-refractivity contribution is 6.28. The summed E-state index contributed by atoms with van der Waals surface area (Å²) in [7, 11) is 0. The number of nitrogens with zero attached hydrogens (tertiary/aromatic N) is 1. The highest BCUT2D eigenvalue weighted by atomic mass is 16.2. The molecule has 0 aromatic heterocycles. The molecule has 0 bridgehead atoms. The van der Waals surface area contributed by atoms with Crippen LogP contribution in [0, 0.1) is 0 Å². The number of rotatable bonds is 1. The Morgan fingerprint density at radius 3 is 1.88 bits per heavy atom. The second-order valence-corrected chi connectivity index (χ2v) is 3.79. The van der Waals surface area contributed by atoms with E-state index in [0.29, 0.717) is 21.4 Å². The summed E-state index contributed by atoms with van der Waals surface area (Å²) in [6, 6.07) is 10.4. The van der Waals surface area contributed by atoms with Gasteiger partial charge in [0.15, 0.2) is 0 Å². The molecule has 1 heterocycles. The van der Waals surface area contributed by atoms with Crippen molar-refractivity contribution in [2.75, 3.05) is 0 Å². The number of amides is 3. The molecule has 0 spiro atoms. The van der Waals surface area contributed by atoms with Crippen LogP contribution in [-0.2, 0) is 4.79 Å². The normalized spacial score (nSPS) is 14.2. The maximum Gasteiger partial charge on any atom is 0.268 e. The molecule has 0 aliphatic carbocycles. The van der Waals surface area contributed by atoms with E-state index in [-0.39, 0.29) is 6.41 Å². The maximum absolute atomic E-state index is 11.9. The minimum absolute atomic E-state index is 0.263. The van der Waals surface area contributed by atoms with E-state index in [2.05, 4.69) is 0 Å². The van der Waals surface area contributed by atoms with Crippen molar-refractivity contribution in [3.63, 3.8) is 0 Å². The Labute approximate surface area is 96.4 Å². The van der Waals surface area contributed by atoms with Gasteiger partial charge in [0.2, 0.25) is 6.41 Å². The molecule has 17 heavy (non-hydrogen) atoms. The van der Waals surface area contributed by atoms with Crippen molar-refractivity contribution in [3.05, 3.63) is 47.5 Å². The molecule has 2 aromatic rings. The third-order valence-electron chi connectivity index (χ3n) is 2.91. The van der Waals surface area contributed by atoms with Crippen LogP contribution in [0.25, 0.3) is 10.8 Å². The van der Waals surface area contributed by atoms with E-state index in [1.807, 2.05) is 12.1 Å². The maximum atomic E-state index is 11.9. The number of carbonyl (C=O) groups excluding carboxylic acids is 3. The fourth-order valence-corrected chi connectivity index (χ4v) is 2.14. The summed E-state index contributed by atoms with van der Waals surface area (Å²) in [5.74, 6) is -1.12. The first kappa shape index (κ1) is 9.72. The molecule has 1 aliphatic rings. The van der Waals surface area contributed by atoms with E-state index in [9.17, 15) is 14.4 Å². The standard InChI is InChI=1S/C13H7NO3/c15-7-14-12(16)9-5-1-3-8-4-2-6-10(11(8)9)13(14)17/h1-7H. The van der Waals surface area contributed by atoms with Gasteiger partial charge in [0.05, 0.1) is 0 Å². The van der Waals surface area contributed by atoms with Crippen LogP contribution in [0.4, 0.5) is 0 Å². The molecule has 0 fully saturated rings. The van der Waals surface area contributed by atoms with Gasteiger partial charge in [0.1, 0.15) is 0 Å². The van der Waals surface area contributed by atoms with Crippen molar-refractivity contribution in [2.24, 2.45) is 0 Å². The molecule has 1 aliphatic heterocycles. The van der Waals surface area contributed by atoms with Crippen molar-refractivity contribution in [1.29, 1.82) is 0 Å². The van der Waals surface area contributed by atoms with Crippen LogP contribution >= 0.6 is 0 Å². The molecule has 0 radical (unpaired) electrons. The van der Waals surface area contributed by atoms with Crippen LogP contribution in [0.15, 0.2) is 36.4 Å². The van der Waals surface area contributed by atoms with E-state index in [1.165, 1.54) is 0 Å². The van der Waals surface area contributed by atoms with Crippen molar-refractivity contribution >= 4 is 29.0 Å². The first-order valence-corrected chi connectivity index (χ1v) is 5.09. The minimum Gasteiger partial charge on any atom is -0.278 e. The van der Waals surface area contributed by atoms with Gasteiger partial charge in [0, 0.05) is 16.5 Å². The first-order valence-electron chi connectivity index (χ1n) is 5.09. The monoisotopic (exact) mass is 225 g/mol. The molecule has 0 unspecified atom stereocenters. The quantitative estimate of drug-likeness (QED) is 0.547. The Bertz CT molecular complexity index is 625. The second-order valence-electron chi connectivity index (χ2n) is 3.79. The predicted octanol–water partition coefficient (Wildman–Crippen LogP) is 1.59. The van der Waals surface area contributed by atoms with Crippen molar-refractivity contribution in [2.45, 2.75) is 0 Å². The predicted molar refractivity (Wildman–Crippen MR) is 60.5 cm³/mol. The van der Waals surface area contributed by atoms with Gasteiger partial charge in [-0.1, -0.05) is 24.3 Å². The van der Waals surface area contributed by atoms with Gasteiger partial charge in [0.25, 0.3) is 11.8 Å². The highest BCUT2D eigenvalue weighted by Gasteiger charge is 2.32. The lowest BCUT2D eigenvalue weighted by Gasteiger charge is -2.22. The molecule has 0 saturated carbocycles. The molecular formula is C13H7NO3. The van der Waals surface area contributed by atoms with E-state index < -0.39 is 11.8 Å². The largest absolute Gasteiger partial charge is 0.278 e. The summed E-state index contributed by atoms with van der Waals surface area (Å²) in [5, 5.41) is 1.45. The van der Waals surface area contributed by atoms with Gasteiger partial charge in [-0.2, -0.15) is 0 Å². The van der Waals surface area contributed by atoms with Crippen LogP contribution in [0.3, 0.4) is 0 Å². The zero-order chi connectivity index (χ0) is 12.0. The lowest BCUT2D eigenvalue weighted by atomic mass is 9.94. The van der Waals surface area contributed by atoms with Crippen LogP contribution in [-0.4, -0.2) is 23.1 Å². The molecule has 0 N–H and O–H groups in total. The summed E-state index contributed by atoms with van der Waals surface area (Å²) >= 11 is 0. The molecule has 3 amide bonds. The molecule has 82 valence electrons. The van der Waals surface area contributed by atoms with Crippen LogP contribution < -0.4 is 0 Å². The molecule has 0 saturated heterocycles. The Morgan fingerprint density at radius 1 is 0.882 bits per heavy atom. The fourth-order valence-electron chi connectivity index (χ4n) is 2.14. The Morgan fingerprint density at radius 2 is 1.41 bits per heavy atom. The lowest BCUT2D eigenvalue weighted by molar-refractivity contribution is -0.114.